The highest BCUT2D eigenvalue weighted by Crippen LogP contribution is 2.21. The van der Waals surface area contributed by atoms with Crippen LogP contribution < -0.4 is 9.47 Å². The van der Waals surface area contributed by atoms with E-state index in [9.17, 15) is 0 Å². The van der Waals surface area contributed by atoms with Crippen LogP contribution in [0.25, 0.3) is 0 Å². The van der Waals surface area contributed by atoms with Crippen molar-refractivity contribution in [2.75, 3.05) is 39.4 Å². The van der Waals surface area contributed by atoms with E-state index in [1.165, 1.54) is 82.0 Å². The third-order valence-corrected chi connectivity index (χ3v) is 6.07. The van der Waals surface area contributed by atoms with Gasteiger partial charge in [-0.15, -0.1) is 0 Å². The molecule has 0 atom stereocenters. The van der Waals surface area contributed by atoms with E-state index in [-0.39, 0.29) is 0 Å². The molecule has 1 aliphatic rings. The molecule has 0 amide bonds. The van der Waals surface area contributed by atoms with E-state index in [1.807, 2.05) is 24.3 Å². The zero-order valence-electron chi connectivity index (χ0n) is 17.9. The van der Waals surface area contributed by atoms with Crippen LogP contribution in [0.2, 0.25) is 0 Å². The molecule has 154 valence electrons. The maximum absolute atomic E-state index is 5.92. The van der Waals surface area contributed by atoms with Gasteiger partial charge in [-0.05, 0) is 69.7 Å². The van der Waals surface area contributed by atoms with E-state index in [2.05, 4.69) is 13.8 Å². The number of nitrogens with zero attached hydrogens (tertiary/aromatic N) is 1. The van der Waals surface area contributed by atoms with Crippen LogP contribution in [0.3, 0.4) is 0 Å². The highest BCUT2D eigenvalue weighted by atomic mass is 16.5. The number of hydrogen-bond acceptors (Lipinski definition) is 2. The Bertz CT molecular complexity index is 480. The Morgan fingerprint density at radius 3 is 1.81 bits per heavy atom. The molecular weight excluding hydrogens is 334 g/mol. The van der Waals surface area contributed by atoms with Crippen LogP contribution in [-0.4, -0.2) is 43.9 Å². The third kappa shape index (κ3) is 8.55. The second kappa shape index (κ2) is 13.0. The molecule has 27 heavy (non-hydrogen) atoms. The van der Waals surface area contributed by atoms with Crippen molar-refractivity contribution in [1.82, 2.24) is 0 Å². The molecule has 1 saturated heterocycles. The maximum atomic E-state index is 5.92. The molecule has 1 aliphatic heterocycles. The van der Waals surface area contributed by atoms with Crippen LogP contribution in [0.5, 0.6) is 11.5 Å². The third-order valence-electron chi connectivity index (χ3n) is 6.07. The number of ether oxygens (including phenoxy) is 2. The summed E-state index contributed by atoms with van der Waals surface area (Å²) in [6.07, 6.45) is 13.1. The summed E-state index contributed by atoms with van der Waals surface area (Å²) in [4.78, 5) is 0. The van der Waals surface area contributed by atoms with Crippen LogP contribution in [0.4, 0.5) is 0 Å². The van der Waals surface area contributed by atoms with Crippen molar-refractivity contribution in [3.63, 3.8) is 0 Å². The van der Waals surface area contributed by atoms with E-state index >= 15 is 0 Å². The zero-order valence-corrected chi connectivity index (χ0v) is 17.9. The Hall–Kier alpha value is -1.22. The highest BCUT2D eigenvalue weighted by molar-refractivity contribution is 5.31. The molecule has 0 radical (unpaired) electrons. The fourth-order valence-electron chi connectivity index (χ4n) is 4.15. The smallest absolute Gasteiger partial charge is 0.119 e. The Kier molecular flexibility index (Phi) is 10.7. The quantitative estimate of drug-likeness (QED) is 0.284. The van der Waals surface area contributed by atoms with Gasteiger partial charge in [0.1, 0.15) is 11.5 Å². The van der Waals surface area contributed by atoms with Gasteiger partial charge < -0.3 is 14.0 Å². The maximum Gasteiger partial charge on any atom is 0.119 e. The molecular formula is C24H42NO2+. The van der Waals surface area contributed by atoms with Gasteiger partial charge >= 0.3 is 0 Å². The van der Waals surface area contributed by atoms with E-state index in [0.717, 1.165) is 37.6 Å². The van der Waals surface area contributed by atoms with Crippen molar-refractivity contribution in [2.24, 2.45) is 0 Å². The van der Waals surface area contributed by atoms with Crippen LogP contribution >= 0.6 is 0 Å². The SMILES string of the molecule is CCCCCCCOc1ccc(OCCCC[N+]2(CC)CCCCC2)cc1. The first-order valence-corrected chi connectivity index (χ1v) is 11.5. The molecule has 0 N–H and O–H groups in total. The Labute approximate surface area is 167 Å². The largest absolute Gasteiger partial charge is 0.494 e. The van der Waals surface area contributed by atoms with Gasteiger partial charge in [-0.1, -0.05) is 32.6 Å². The van der Waals surface area contributed by atoms with Crippen LogP contribution in [-0.2, 0) is 0 Å². The molecule has 0 saturated carbocycles. The minimum Gasteiger partial charge on any atom is -0.494 e. The minimum atomic E-state index is 0.821. The van der Waals surface area contributed by atoms with Gasteiger partial charge in [0, 0.05) is 0 Å². The molecule has 1 aromatic carbocycles. The van der Waals surface area contributed by atoms with E-state index in [1.54, 1.807) is 0 Å². The molecule has 1 aromatic rings. The molecule has 0 unspecified atom stereocenters. The summed E-state index contributed by atoms with van der Waals surface area (Å²) in [6.45, 7) is 11.6. The monoisotopic (exact) mass is 376 g/mol. The average Bonchev–Trinajstić information content (AvgIpc) is 2.72. The van der Waals surface area contributed by atoms with E-state index < -0.39 is 0 Å². The van der Waals surface area contributed by atoms with E-state index in [0.29, 0.717) is 0 Å². The first-order chi connectivity index (χ1) is 13.3. The summed E-state index contributed by atoms with van der Waals surface area (Å²) >= 11 is 0. The van der Waals surface area contributed by atoms with Gasteiger partial charge in [0.2, 0.25) is 0 Å². The van der Waals surface area contributed by atoms with Crippen LogP contribution in [0.1, 0.15) is 78.1 Å². The van der Waals surface area contributed by atoms with Crippen molar-refractivity contribution >= 4 is 0 Å². The summed E-state index contributed by atoms with van der Waals surface area (Å²) in [5.41, 5.74) is 0. The summed E-state index contributed by atoms with van der Waals surface area (Å²) in [5, 5.41) is 0. The number of quaternary nitrogens is 1. The van der Waals surface area contributed by atoms with Crippen molar-refractivity contribution in [2.45, 2.75) is 78.1 Å². The minimum absolute atomic E-state index is 0.821. The van der Waals surface area contributed by atoms with E-state index in [4.69, 9.17) is 9.47 Å². The highest BCUT2D eigenvalue weighted by Gasteiger charge is 2.26. The fraction of sp³-hybridized carbons (Fsp3) is 0.750. The molecule has 3 nitrogen and oxygen atoms in total. The summed E-state index contributed by atoms with van der Waals surface area (Å²) < 4.78 is 13.1. The zero-order chi connectivity index (χ0) is 19.2. The predicted octanol–water partition coefficient (Wildman–Crippen LogP) is 6.22. The van der Waals surface area contributed by atoms with Gasteiger partial charge in [0.15, 0.2) is 0 Å². The first-order valence-electron chi connectivity index (χ1n) is 11.5. The molecule has 0 spiro atoms. The lowest BCUT2D eigenvalue weighted by molar-refractivity contribution is -0.931. The fourth-order valence-corrected chi connectivity index (χ4v) is 4.15. The van der Waals surface area contributed by atoms with Crippen molar-refractivity contribution in [1.29, 1.82) is 0 Å². The number of hydrogen-bond donors (Lipinski definition) is 0. The molecule has 2 rings (SSSR count). The Morgan fingerprint density at radius 1 is 0.704 bits per heavy atom. The normalized spacial score (nSPS) is 16.2. The number of likely N-dealkylation sites (tertiary alicyclic amines) is 1. The van der Waals surface area contributed by atoms with Gasteiger partial charge in [-0.2, -0.15) is 0 Å². The second-order valence-electron chi connectivity index (χ2n) is 8.18. The molecule has 3 heteroatoms. The Morgan fingerprint density at radius 2 is 1.26 bits per heavy atom. The Balaban J connectivity index is 1.55. The summed E-state index contributed by atoms with van der Waals surface area (Å²) in [6, 6.07) is 8.15. The standard InChI is InChI=1S/C24H42NO2/c1-3-5-6-7-12-21-26-23-14-16-24(17-15-23)27-22-13-11-20-25(4-2)18-9-8-10-19-25/h14-17H,3-13,18-22H2,1-2H3/q+1. The summed E-state index contributed by atoms with van der Waals surface area (Å²) in [5.74, 6) is 1.92. The van der Waals surface area contributed by atoms with Gasteiger partial charge in [0.25, 0.3) is 0 Å². The predicted molar refractivity (Wildman–Crippen MR) is 115 cm³/mol. The lowest BCUT2D eigenvalue weighted by atomic mass is 10.1. The lowest BCUT2D eigenvalue weighted by Gasteiger charge is -2.41. The van der Waals surface area contributed by atoms with Crippen LogP contribution in [0.15, 0.2) is 24.3 Å². The molecule has 0 bridgehead atoms. The van der Waals surface area contributed by atoms with Crippen molar-refractivity contribution in [3.05, 3.63) is 24.3 Å². The number of unbranched alkanes of at least 4 members (excludes halogenated alkanes) is 5. The van der Waals surface area contributed by atoms with Crippen molar-refractivity contribution < 1.29 is 14.0 Å². The summed E-state index contributed by atoms with van der Waals surface area (Å²) in [7, 11) is 0. The number of piperidine rings is 1. The molecule has 0 aromatic heterocycles. The molecule has 0 aliphatic carbocycles. The van der Waals surface area contributed by atoms with Crippen LogP contribution in [0, 0.1) is 0 Å². The second-order valence-corrected chi connectivity index (χ2v) is 8.18. The van der Waals surface area contributed by atoms with Crippen molar-refractivity contribution in [3.8, 4) is 11.5 Å². The van der Waals surface area contributed by atoms with Gasteiger partial charge in [-0.25, -0.2) is 0 Å². The number of rotatable bonds is 14. The first kappa shape index (κ1) is 22.1. The molecule has 1 heterocycles. The van der Waals surface area contributed by atoms with Gasteiger partial charge in [-0.3, -0.25) is 0 Å². The lowest BCUT2D eigenvalue weighted by Crippen LogP contribution is -2.51. The number of benzene rings is 1. The van der Waals surface area contributed by atoms with Gasteiger partial charge in [0.05, 0.1) is 39.4 Å². The topological polar surface area (TPSA) is 18.5 Å². The average molecular weight is 377 g/mol. The molecule has 1 fully saturated rings.